The third-order valence-electron chi connectivity index (χ3n) is 5.63. The lowest BCUT2D eigenvalue weighted by atomic mass is 9.72. The van der Waals surface area contributed by atoms with E-state index in [9.17, 15) is 5.11 Å². The first-order valence-corrected chi connectivity index (χ1v) is 8.63. The largest absolute Gasteiger partial charge is 0.390 e. The average molecular weight is 327 g/mol. The Bertz CT molecular complexity index is 742. The van der Waals surface area contributed by atoms with E-state index in [4.69, 9.17) is 5.73 Å². The normalized spacial score (nSPS) is 25.8. The van der Waals surface area contributed by atoms with E-state index < -0.39 is 11.6 Å². The first kappa shape index (κ1) is 15.7. The molecule has 0 radical (unpaired) electrons. The van der Waals surface area contributed by atoms with Gasteiger partial charge in [0.15, 0.2) is 0 Å². The molecule has 2 aliphatic rings. The Morgan fingerprint density at radius 2 is 2.00 bits per heavy atom. The molecule has 2 aromatic rings. The van der Waals surface area contributed by atoms with Gasteiger partial charge >= 0.3 is 0 Å². The van der Waals surface area contributed by atoms with Crippen LogP contribution in [0.3, 0.4) is 0 Å². The van der Waals surface area contributed by atoms with Crippen LogP contribution in [-0.2, 0) is 11.0 Å². The van der Waals surface area contributed by atoms with Crippen LogP contribution in [0.15, 0.2) is 30.5 Å². The summed E-state index contributed by atoms with van der Waals surface area (Å²) in [6.45, 7) is 5.68. The molecule has 1 aromatic carbocycles. The van der Waals surface area contributed by atoms with Crippen LogP contribution >= 0.6 is 0 Å². The summed E-state index contributed by atoms with van der Waals surface area (Å²) in [5.41, 5.74) is 8.55. The number of nitrogens with two attached hydrogens (primary N) is 1. The van der Waals surface area contributed by atoms with Crippen LogP contribution in [0.2, 0.25) is 0 Å². The molecule has 0 unspecified atom stereocenters. The van der Waals surface area contributed by atoms with Crippen LogP contribution in [0.5, 0.6) is 0 Å². The van der Waals surface area contributed by atoms with Crippen molar-refractivity contribution in [3.8, 4) is 0 Å². The Morgan fingerprint density at radius 3 is 2.67 bits per heavy atom. The molecule has 6 heteroatoms. The van der Waals surface area contributed by atoms with Gasteiger partial charge in [0.1, 0.15) is 11.7 Å². The number of nitrogens with zero attached hydrogens (tertiary/aromatic N) is 3. The number of hydrogen-bond donors (Lipinski definition) is 3. The van der Waals surface area contributed by atoms with Gasteiger partial charge in [-0.3, -0.25) is 0 Å². The lowest BCUT2D eigenvalue weighted by molar-refractivity contribution is 0.0421. The molecule has 24 heavy (non-hydrogen) atoms. The van der Waals surface area contributed by atoms with E-state index in [2.05, 4.69) is 33.8 Å². The van der Waals surface area contributed by atoms with Gasteiger partial charge in [-0.2, -0.15) is 0 Å². The number of aromatic nitrogens is 3. The van der Waals surface area contributed by atoms with E-state index in [0.717, 1.165) is 37.2 Å². The summed E-state index contributed by atoms with van der Waals surface area (Å²) >= 11 is 0. The highest BCUT2D eigenvalue weighted by molar-refractivity contribution is 5.45. The first-order valence-electron chi connectivity index (χ1n) is 8.63. The molecule has 1 aromatic heterocycles. The van der Waals surface area contributed by atoms with Gasteiger partial charge in [-0.25, -0.2) is 4.68 Å². The van der Waals surface area contributed by atoms with Crippen molar-refractivity contribution < 1.29 is 5.11 Å². The Kier molecular flexibility index (Phi) is 3.53. The monoisotopic (exact) mass is 327 g/mol. The van der Waals surface area contributed by atoms with Crippen molar-refractivity contribution in [3.05, 3.63) is 47.3 Å². The second-order valence-electron chi connectivity index (χ2n) is 7.69. The quantitative estimate of drug-likeness (QED) is 0.767. The molecule has 4 rings (SSSR count). The van der Waals surface area contributed by atoms with Gasteiger partial charge in [0.05, 0.1) is 17.8 Å². The molecule has 6 nitrogen and oxygen atoms in total. The van der Waals surface area contributed by atoms with Gasteiger partial charge in [-0.05, 0) is 50.9 Å². The number of nitrogens with one attached hydrogen (secondary N) is 1. The smallest absolute Gasteiger partial charge is 0.106 e. The van der Waals surface area contributed by atoms with E-state index >= 15 is 0 Å². The molecule has 1 spiro atoms. The third-order valence-corrected chi connectivity index (χ3v) is 5.63. The van der Waals surface area contributed by atoms with Crippen molar-refractivity contribution in [1.29, 1.82) is 0 Å². The Morgan fingerprint density at radius 1 is 1.29 bits per heavy atom. The van der Waals surface area contributed by atoms with Gasteiger partial charge in [-0.15, -0.1) is 5.10 Å². The van der Waals surface area contributed by atoms with Crippen molar-refractivity contribution in [3.63, 3.8) is 0 Å². The summed E-state index contributed by atoms with van der Waals surface area (Å²) in [7, 11) is 0. The maximum absolute atomic E-state index is 11.3. The fraction of sp³-hybridized carbons (Fsp3) is 0.556. The molecule has 0 amide bonds. The zero-order valence-electron chi connectivity index (χ0n) is 14.2. The predicted molar refractivity (Wildman–Crippen MR) is 91.6 cm³/mol. The summed E-state index contributed by atoms with van der Waals surface area (Å²) in [4.78, 5) is 0. The van der Waals surface area contributed by atoms with E-state index in [1.165, 1.54) is 5.56 Å². The van der Waals surface area contributed by atoms with Gasteiger partial charge in [0.25, 0.3) is 0 Å². The number of aliphatic hydroxyl groups is 1. The topological polar surface area (TPSA) is 89.0 Å². The summed E-state index contributed by atoms with van der Waals surface area (Å²) in [6.07, 6.45) is 3.24. The highest BCUT2D eigenvalue weighted by atomic mass is 16.3. The van der Waals surface area contributed by atoms with E-state index in [0.29, 0.717) is 0 Å². The number of hydrogen-bond acceptors (Lipinski definition) is 5. The van der Waals surface area contributed by atoms with Crippen LogP contribution in [-0.4, -0.2) is 39.3 Å². The Labute approximate surface area is 142 Å². The van der Waals surface area contributed by atoms with Gasteiger partial charge in [0, 0.05) is 5.41 Å². The maximum Gasteiger partial charge on any atom is 0.106 e. The van der Waals surface area contributed by atoms with Crippen LogP contribution in [0.1, 0.15) is 49.6 Å². The highest BCUT2D eigenvalue weighted by Gasteiger charge is 2.52. The SMILES string of the molecule is CC(C)(N)c1cn([C@H]2c3ccccc3C3(CCNCC3)[C@@H]2O)nn1. The predicted octanol–water partition coefficient (Wildman–Crippen LogP) is 1.06. The van der Waals surface area contributed by atoms with Crippen molar-refractivity contribution in [1.82, 2.24) is 20.3 Å². The van der Waals surface area contributed by atoms with Crippen LogP contribution in [0.4, 0.5) is 0 Å². The molecule has 0 bridgehead atoms. The lowest BCUT2D eigenvalue weighted by Gasteiger charge is -2.38. The summed E-state index contributed by atoms with van der Waals surface area (Å²) in [6, 6.07) is 8.16. The third kappa shape index (κ3) is 2.21. The van der Waals surface area contributed by atoms with Crippen molar-refractivity contribution >= 4 is 0 Å². The van der Waals surface area contributed by atoms with Crippen LogP contribution in [0.25, 0.3) is 0 Å². The molecule has 1 aliphatic carbocycles. The minimum absolute atomic E-state index is 0.198. The van der Waals surface area contributed by atoms with Crippen molar-refractivity contribution in [2.24, 2.45) is 5.73 Å². The lowest BCUT2D eigenvalue weighted by Crippen LogP contribution is -2.47. The average Bonchev–Trinajstić information content (AvgIpc) is 3.13. The van der Waals surface area contributed by atoms with Gasteiger partial charge in [0.2, 0.25) is 0 Å². The molecule has 0 saturated carbocycles. The van der Waals surface area contributed by atoms with Crippen molar-refractivity contribution in [2.45, 2.75) is 49.8 Å². The molecular weight excluding hydrogens is 302 g/mol. The summed E-state index contributed by atoms with van der Waals surface area (Å²) in [5.74, 6) is 0. The minimum atomic E-state index is -0.548. The van der Waals surface area contributed by atoms with Gasteiger partial charge < -0.3 is 16.2 Å². The Balaban J connectivity index is 1.81. The molecule has 1 saturated heterocycles. The highest BCUT2D eigenvalue weighted by Crippen LogP contribution is 2.51. The summed E-state index contributed by atoms with van der Waals surface area (Å²) < 4.78 is 1.80. The molecule has 2 heterocycles. The second-order valence-corrected chi connectivity index (χ2v) is 7.69. The van der Waals surface area contributed by atoms with E-state index in [1.54, 1.807) is 4.68 Å². The van der Waals surface area contributed by atoms with Crippen LogP contribution in [0, 0.1) is 0 Å². The zero-order valence-corrected chi connectivity index (χ0v) is 14.2. The minimum Gasteiger partial charge on any atom is -0.390 e. The number of piperidine rings is 1. The van der Waals surface area contributed by atoms with Gasteiger partial charge in [-0.1, -0.05) is 29.5 Å². The van der Waals surface area contributed by atoms with Crippen LogP contribution < -0.4 is 11.1 Å². The molecular formula is C18H25N5O. The molecule has 1 aliphatic heterocycles. The fourth-order valence-electron chi connectivity index (χ4n) is 4.27. The van der Waals surface area contributed by atoms with Crippen molar-refractivity contribution in [2.75, 3.05) is 13.1 Å². The number of benzene rings is 1. The molecule has 128 valence electrons. The number of fused-ring (bicyclic) bond motifs is 2. The molecule has 2 atom stereocenters. The fourth-order valence-corrected chi connectivity index (χ4v) is 4.27. The first-order chi connectivity index (χ1) is 11.4. The second kappa shape index (κ2) is 5.37. The molecule has 4 N–H and O–H groups in total. The summed E-state index contributed by atoms with van der Waals surface area (Å²) in [5, 5.41) is 23.2. The standard InChI is InChI=1S/C18H25N5O/c1-17(2,19)14-11-23(22-21-14)15-12-5-3-4-6-13(12)18(16(15)24)7-9-20-10-8-18/h3-6,11,15-16,20,24H,7-10,19H2,1-2H3/t15-,16+/m0/s1. The number of aliphatic hydroxyl groups excluding tert-OH is 1. The van der Waals surface area contributed by atoms with E-state index in [-0.39, 0.29) is 11.5 Å². The Hall–Kier alpha value is -1.76. The molecule has 1 fully saturated rings. The zero-order chi connectivity index (χ0) is 16.9. The number of rotatable bonds is 2. The maximum atomic E-state index is 11.3. The van der Waals surface area contributed by atoms with E-state index in [1.807, 2.05) is 26.1 Å².